The molecule has 0 bridgehead atoms. The number of hydrogen-bond donors (Lipinski definition) is 0. The number of aryl methyl sites for hydroxylation is 1. The summed E-state index contributed by atoms with van der Waals surface area (Å²) in [5.74, 6) is 0.582. The van der Waals surface area contributed by atoms with Gasteiger partial charge < -0.3 is 0 Å². The van der Waals surface area contributed by atoms with Crippen molar-refractivity contribution in [3.63, 3.8) is 0 Å². The van der Waals surface area contributed by atoms with Crippen LogP contribution in [0.3, 0.4) is 0 Å². The SMILES string of the molecule is Cc1nn(CC2CC2)c(C)c1S(=O)(=O)F. The van der Waals surface area contributed by atoms with E-state index < -0.39 is 10.2 Å². The molecule has 0 saturated heterocycles. The van der Waals surface area contributed by atoms with E-state index in [1.54, 1.807) is 11.6 Å². The average Bonchev–Trinajstić information content (AvgIpc) is 2.79. The van der Waals surface area contributed by atoms with Gasteiger partial charge >= 0.3 is 10.2 Å². The molecule has 0 N–H and O–H groups in total. The fourth-order valence-corrected chi connectivity index (χ4v) is 2.61. The Morgan fingerprint density at radius 1 is 1.47 bits per heavy atom. The van der Waals surface area contributed by atoms with E-state index >= 15 is 0 Å². The first kappa shape index (κ1) is 10.6. The Hall–Kier alpha value is -0.910. The Morgan fingerprint density at radius 2 is 2.07 bits per heavy atom. The van der Waals surface area contributed by atoms with Gasteiger partial charge in [0, 0.05) is 6.54 Å². The summed E-state index contributed by atoms with van der Waals surface area (Å²) in [5, 5.41) is 4.05. The van der Waals surface area contributed by atoms with Crippen molar-refractivity contribution in [3.05, 3.63) is 11.4 Å². The number of hydrogen-bond acceptors (Lipinski definition) is 3. The van der Waals surface area contributed by atoms with Gasteiger partial charge in [0.05, 0.1) is 11.4 Å². The van der Waals surface area contributed by atoms with Gasteiger partial charge in [-0.2, -0.15) is 13.5 Å². The first-order valence-electron chi connectivity index (χ1n) is 4.88. The summed E-state index contributed by atoms with van der Waals surface area (Å²) in [4.78, 5) is -0.261. The molecule has 0 aromatic carbocycles. The summed E-state index contributed by atoms with van der Waals surface area (Å²) in [5.41, 5.74) is 0.651. The summed E-state index contributed by atoms with van der Waals surface area (Å²) >= 11 is 0. The van der Waals surface area contributed by atoms with Crippen molar-refractivity contribution in [3.8, 4) is 0 Å². The maximum atomic E-state index is 12.9. The maximum Gasteiger partial charge on any atom is 0.335 e. The molecule has 0 spiro atoms. The molecule has 0 atom stereocenters. The van der Waals surface area contributed by atoms with Gasteiger partial charge in [-0.15, -0.1) is 3.89 Å². The van der Waals surface area contributed by atoms with Gasteiger partial charge in [-0.25, -0.2) is 0 Å². The quantitative estimate of drug-likeness (QED) is 0.743. The highest BCUT2D eigenvalue weighted by Crippen LogP contribution is 2.32. The molecule has 0 unspecified atom stereocenters. The van der Waals surface area contributed by atoms with Crippen LogP contribution in [0, 0.1) is 19.8 Å². The summed E-state index contributed by atoms with van der Waals surface area (Å²) in [7, 11) is -4.64. The summed E-state index contributed by atoms with van der Waals surface area (Å²) < 4.78 is 36.3. The van der Waals surface area contributed by atoms with Crippen molar-refractivity contribution in [2.24, 2.45) is 5.92 Å². The molecule has 1 aromatic heterocycles. The zero-order valence-electron chi connectivity index (χ0n) is 8.70. The minimum absolute atomic E-state index is 0.246. The van der Waals surface area contributed by atoms with Gasteiger partial charge in [-0.1, -0.05) is 0 Å². The van der Waals surface area contributed by atoms with E-state index in [0.717, 1.165) is 12.8 Å². The third-order valence-corrected chi connectivity index (χ3v) is 3.77. The molecule has 1 fully saturated rings. The summed E-state index contributed by atoms with van der Waals surface area (Å²) in [6.45, 7) is 3.81. The fraction of sp³-hybridized carbons (Fsp3) is 0.667. The Kier molecular flexibility index (Phi) is 2.33. The first-order valence-corrected chi connectivity index (χ1v) is 6.26. The lowest BCUT2D eigenvalue weighted by Crippen LogP contribution is -2.04. The van der Waals surface area contributed by atoms with Crippen molar-refractivity contribution < 1.29 is 12.3 Å². The second-order valence-corrected chi connectivity index (χ2v) is 5.35. The number of rotatable bonds is 3. The molecule has 1 aliphatic rings. The molecular formula is C9H13FN2O2S. The summed E-state index contributed by atoms with van der Waals surface area (Å²) in [6.07, 6.45) is 2.30. The molecule has 0 radical (unpaired) electrons. The molecule has 4 nitrogen and oxygen atoms in total. The molecule has 1 aliphatic carbocycles. The Bertz CT molecular complexity index is 488. The molecule has 84 valence electrons. The second kappa shape index (κ2) is 3.30. The lowest BCUT2D eigenvalue weighted by Gasteiger charge is -2.01. The average molecular weight is 232 g/mol. The molecule has 15 heavy (non-hydrogen) atoms. The van der Waals surface area contributed by atoms with Crippen LogP contribution in [0.15, 0.2) is 4.90 Å². The standard InChI is InChI=1S/C9H13FN2O2S/c1-6-9(15(10,13)14)7(2)12(11-6)5-8-3-4-8/h8H,3-5H2,1-2H3. The molecule has 1 aromatic rings. The van der Waals surface area contributed by atoms with Crippen LogP contribution in [0.5, 0.6) is 0 Å². The third kappa shape index (κ3) is 2.04. The summed E-state index contributed by atoms with van der Waals surface area (Å²) in [6, 6.07) is 0. The van der Waals surface area contributed by atoms with Crippen LogP contribution < -0.4 is 0 Å². The Labute approximate surface area is 88.3 Å². The van der Waals surface area contributed by atoms with E-state index in [1.807, 2.05) is 0 Å². The van der Waals surface area contributed by atoms with Gasteiger partial charge in [0.2, 0.25) is 0 Å². The van der Waals surface area contributed by atoms with Gasteiger partial charge in [0.25, 0.3) is 0 Å². The van der Waals surface area contributed by atoms with Crippen molar-refractivity contribution in [2.75, 3.05) is 0 Å². The maximum absolute atomic E-state index is 12.9. The number of nitrogens with zero attached hydrogens (tertiary/aromatic N) is 2. The molecule has 0 aliphatic heterocycles. The highest BCUT2D eigenvalue weighted by molar-refractivity contribution is 7.86. The van der Waals surface area contributed by atoms with Crippen molar-refractivity contribution >= 4 is 10.2 Å². The Balaban J connectivity index is 2.42. The van der Waals surface area contributed by atoms with E-state index in [2.05, 4.69) is 5.10 Å². The first-order chi connectivity index (χ1) is 6.89. The Morgan fingerprint density at radius 3 is 2.47 bits per heavy atom. The number of halogens is 1. The second-order valence-electron chi connectivity index (χ2n) is 4.06. The van der Waals surface area contributed by atoms with Crippen molar-refractivity contribution in [1.82, 2.24) is 9.78 Å². The minimum atomic E-state index is -4.64. The normalized spacial score (nSPS) is 17.0. The molecule has 1 saturated carbocycles. The smallest absolute Gasteiger partial charge is 0.268 e. The molecule has 1 heterocycles. The molecule has 2 rings (SSSR count). The van der Waals surface area contributed by atoms with Gasteiger partial charge in [0.1, 0.15) is 4.90 Å². The van der Waals surface area contributed by atoms with Gasteiger partial charge in [-0.05, 0) is 32.6 Å². The van der Waals surface area contributed by atoms with E-state index in [9.17, 15) is 12.3 Å². The fourth-order valence-electron chi connectivity index (χ4n) is 1.76. The van der Waals surface area contributed by atoms with Crippen molar-refractivity contribution in [1.29, 1.82) is 0 Å². The van der Waals surface area contributed by atoms with E-state index in [1.165, 1.54) is 6.92 Å². The van der Waals surface area contributed by atoms with E-state index in [4.69, 9.17) is 0 Å². The van der Waals surface area contributed by atoms with Crippen LogP contribution in [0.2, 0.25) is 0 Å². The van der Waals surface area contributed by atoms with Crippen LogP contribution in [-0.4, -0.2) is 18.2 Å². The van der Waals surface area contributed by atoms with Crippen LogP contribution in [0.4, 0.5) is 3.89 Å². The predicted octanol–water partition coefficient (Wildman–Crippen LogP) is 1.57. The lowest BCUT2D eigenvalue weighted by atomic mass is 10.4. The lowest BCUT2D eigenvalue weighted by molar-refractivity contribution is 0.539. The zero-order chi connectivity index (χ0) is 11.2. The minimum Gasteiger partial charge on any atom is -0.268 e. The molecule has 0 amide bonds. The van der Waals surface area contributed by atoms with Crippen molar-refractivity contribution in [2.45, 2.75) is 38.1 Å². The largest absolute Gasteiger partial charge is 0.335 e. The molecule has 6 heteroatoms. The third-order valence-electron chi connectivity index (χ3n) is 2.69. The highest BCUT2D eigenvalue weighted by atomic mass is 32.3. The topological polar surface area (TPSA) is 52.0 Å². The zero-order valence-corrected chi connectivity index (χ0v) is 9.51. The van der Waals surface area contributed by atoms with E-state index in [-0.39, 0.29) is 10.6 Å². The van der Waals surface area contributed by atoms with Gasteiger partial charge in [0.15, 0.2) is 0 Å². The van der Waals surface area contributed by atoms with E-state index in [0.29, 0.717) is 18.2 Å². The number of aromatic nitrogens is 2. The van der Waals surface area contributed by atoms with Gasteiger partial charge in [-0.3, -0.25) is 4.68 Å². The predicted molar refractivity (Wildman–Crippen MR) is 52.7 cm³/mol. The van der Waals surface area contributed by atoms with Crippen LogP contribution in [0.1, 0.15) is 24.2 Å². The van der Waals surface area contributed by atoms with Crippen LogP contribution >= 0.6 is 0 Å². The highest BCUT2D eigenvalue weighted by Gasteiger charge is 2.27. The monoisotopic (exact) mass is 232 g/mol. The van der Waals surface area contributed by atoms with Crippen LogP contribution in [0.25, 0.3) is 0 Å². The molecular weight excluding hydrogens is 219 g/mol. The van der Waals surface area contributed by atoms with Crippen LogP contribution in [-0.2, 0) is 16.8 Å².